The Hall–Kier alpha value is -3.82. The van der Waals surface area contributed by atoms with Gasteiger partial charge >= 0.3 is 0 Å². The smallest absolute Gasteiger partial charge is 0.271 e. The van der Waals surface area contributed by atoms with Crippen molar-refractivity contribution in [2.45, 2.75) is 45.9 Å². The van der Waals surface area contributed by atoms with Crippen LogP contribution >= 0.6 is 11.3 Å². The number of benzene rings is 1. The van der Waals surface area contributed by atoms with Crippen LogP contribution in [0.5, 0.6) is 0 Å². The molecule has 8 nitrogen and oxygen atoms in total. The number of nitrogens with zero attached hydrogens (tertiary/aromatic N) is 3. The van der Waals surface area contributed by atoms with Crippen molar-refractivity contribution in [3.8, 4) is 11.3 Å². The molecule has 1 aliphatic rings. The van der Waals surface area contributed by atoms with E-state index in [2.05, 4.69) is 10.3 Å². The van der Waals surface area contributed by atoms with Crippen molar-refractivity contribution in [2.24, 2.45) is 0 Å². The summed E-state index contributed by atoms with van der Waals surface area (Å²) in [5, 5.41) is 3.61. The van der Waals surface area contributed by atoms with E-state index in [-0.39, 0.29) is 23.6 Å². The monoisotopic (exact) mass is 500 g/mol. The molecule has 0 spiro atoms. The first-order valence-electron chi connectivity index (χ1n) is 11.7. The molecule has 0 radical (unpaired) electrons. The molecule has 0 saturated heterocycles. The van der Waals surface area contributed by atoms with Gasteiger partial charge in [0, 0.05) is 28.6 Å². The quantitative estimate of drug-likeness (QED) is 0.370. The number of hydrogen-bond acceptors (Lipinski definition) is 7. The first-order valence-corrected chi connectivity index (χ1v) is 12.5. The van der Waals surface area contributed by atoms with E-state index in [1.54, 1.807) is 6.26 Å². The maximum atomic E-state index is 13.4. The van der Waals surface area contributed by atoms with E-state index in [1.165, 1.54) is 22.2 Å². The first-order chi connectivity index (χ1) is 17.3. The highest BCUT2D eigenvalue weighted by atomic mass is 32.1. The molecule has 0 atom stereocenters. The van der Waals surface area contributed by atoms with Crippen molar-refractivity contribution in [1.29, 1.82) is 0 Å². The fraction of sp³-hybridized carbons (Fsp3) is 0.259. The molecule has 6 rings (SSSR count). The molecule has 0 unspecified atom stereocenters. The number of pyridine rings is 1. The van der Waals surface area contributed by atoms with E-state index in [4.69, 9.17) is 14.1 Å². The lowest BCUT2D eigenvalue weighted by molar-refractivity contribution is -0.116. The summed E-state index contributed by atoms with van der Waals surface area (Å²) in [7, 11) is 0. The predicted octanol–water partition coefficient (Wildman–Crippen LogP) is 5.06. The number of nitrogens with one attached hydrogen (secondary N) is 1. The fourth-order valence-corrected chi connectivity index (χ4v) is 5.71. The summed E-state index contributed by atoms with van der Waals surface area (Å²) >= 11 is 1.30. The lowest BCUT2D eigenvalue weighted by atomic mass is 9.91. The molecule has 1 aliphatic heterocycles. The van der Waals surface area contributed by atoms with Crippen LogP contribution in [-0.2, 0) is 29.1 Å². The zero-order valence-corrected chi connectivity index (χ0v) is 20.9. The third-order valence-electron chi connectivity index (χ3n) is 6.40. The molecule has 1 N–H and O–H groups in total. The number of aryl methyl sites for hydroxylation is 1. The van der Waals surface area contributed by atoms with Crippen molar-refractivity contribution < 1.29 is 13.9 Å². The number of carbonyl (C=O) groups is 1. The van der Waals surface area contributed by atoms with Gasteiger partial charge in [-0.3, -0.25) is 14.2 Å². The van der Waals surface area contributed by atoms with E-state index in [0.29, 0.717) is 34.7 Å². The van der Waals surface area contributed by atoms with E-state index in [1.807, 2.05) is 57.2 Å². The Morgan fingerprint density at radius 3 is 2.78 bits per heavy atom. The lowest BCUT2D eigenvalue weighted by Gasteiger charge is -2.32. The lowest BCUT2D eigenvalue weighted by Crippen LogP contribution is -2.32. The van der Waals surface area contributed by atoms with Gasteiger partial charge in [0.15, 0.2) is 0 Å². The fourth-order valence-electron chi connectivity index (χ4n) is 4.60. The van der Waals surface area contributed by atoms with Crippen molar-refractivity contribution in [3.05, 3.63) is 76.2 Å². The maximum Gasteiger partial charge on any atom is 0.271 e. The van der Waals surface area contributed by atoms with E-state index in [9.17, 15) is 9.59 Å². The van der Waals surface area contributed by atoms with Gasteiger partial charge in [-0.05, 0) is 45.0 Å². The SMILES string of the molecule is Cc1ccc(NC(=O)Cn2cnc3c(sc4nc5c(c(-c6ccco6)c43)COC(C)(C)C5)c2=O)cc1. The second-order valence-corrected chi connectivity index (χ2v) is 10.7. The van der Waals surface area contributed by atoms with Gasteiger partial charge in [0.25, 0.3) is 5.56 Å². The summed E-state index contributed by atoms with van der Waals surface area (Å²) in [5.74, 6) is 0.387. The predicted molar refractivity (Wildman–Crippen MR) is 139 cm³/mol. The van der Waals surface area contributed by atoms with E-state index < -0.39 is 0 Å². The Morgan fingerprint density at radius 2 is 2.03 bits per heavy atom. The summed E-state index contributed by atoms with van der Waals surface area (Å²) in [4.78, 5) is 36.4. The third kappa shape index (κ3) is 3.90. The van der Waals surface area contributed by atoms with Crippen molar-refractivity contribution in [1.82, 2.24) is 14.5 Å². The Labute approximate surface area is 210 Å². The summed E-state index contributed by atoms with van der Waals surface area (Å²) in [6, 6.07) is 11.2. The zero-order valence-electron chi connectivity index (χ0n) is 20.1. The number of anilines is 1. The van der Waals surface area contributed by atoms with Gasteiger partial charge in [-0.25, -0.2) is 9.97 Å². The highest BCUT2D eigenvalue weighted by molar-refractivity contribution is 7.25. The number of rotatable bonds is 4. The minimum atomic E-state index is -0.333. The Bertz CT molecular complexity index is 1680. The van der Waals surface area contributed by atoms with Crippen LogP contribution in [0.3, 0.4) is 0 Å². The van der Waals surface area contributed by atoms with Gasteiger partial charge in [0.05, 0.1) is 36.0 Å². The summed E-state index contributed by atoms with van der Waals surface area (Å²) in [6.45, 7) is 6.33. The molecule has 5 heterocycles. The highest BCUT2D eigenvalue weighted by Crippen LogP contribution is 2.43. The topological polar surface area (TPSA) is 99.2 Å². The largest absolute Gasteiger partial charge is 0.464 e. The van der Waals surface area contributed by atoms with Crippen LogP contribution < -0.4 is 10.9 Å². The van der Waals surface area contributed by atoms with Gasteiger partial charge in [-0.1, -0.05) is 17.7 Å². The van der Waals surface area contributed by atoms with Crippen LogP contribution in [0, 0.1) is 6.92 Å². The number of aromatic nitrogens is 3. The number of ether oxygens (including phenoxy) is 1. The van der Waals surface area contributed by atoms with Crippen molar-refractivity contribution in [2.75, 3.05) is 5.32 Å². The molecule has 36 heavy (non-hydrogen) atoms. The highest BCUT2D eigenvalue weighted by Gasteiger charge is 2.32. The van der Waals surface area contributed by atoms with Gasteiger partial charge < -0.3 is 14.5 Å². The van der Waals surface area contributed by atoms with E-state index >= 15 is 0 Å². The molecule has 1 amide bonds. The van der Waals surface area contributed by atoms with Gasteiger partial charge in [-0.2, -0.15) is 0 Å². The second-order valence-electron chi connectivity index (χ2n) is 9.67. The summed E-state index contributed by atoms with van der Waals surface area (Å²) in [5.41, 5.74) is 4.49. The van der Waals surface area contributed by atoms with Gasteiger partial charge in [0.2, 0.25) is 5.91 Å². The number of carbonyl (C=O) groups excluding carboxylic acids is 1. The number of amides is 1. The summed E-state index contributed by atoms with van der Waals surface area (Å²) in [6.07, 6.45) is 3.71. The maximum absolute atomic E-state index is 13.4. The molecule has 182 valence electrons. The van der Waals surface area contributed by atoms with Crippen LogP contribution in [0.2, 0.25) is 0 Å². The average Bonchev–Trinajstić information content (AvgIpc) is 3.49. The van der Waals surface area contributed by atoms with Crippen LogP contribution in [-0.4, -0.2) is 26.0 Å². The Morgan fingerprint density at radius 1 is 1.22 bits per heavy atom. The third-order valence-corrected chi connectivity index (χ3v) is 7.46. The van der Waals surface area contributed by atoms with Crippen LogP contribution in [0.1, 0.15) is 30.7 Å². The number of thiophene rings is 1. The number of fused-ring (bicyclic) bond motifs is 4. The van der Waals surface area contributed by atoms with Gasteiger partial charge in [0.1, 0.15) is 21.8 Å². The Kier molecular flexibility index (Phi) is 5.27. The minimum Gasteiger partial charge on any atom is -0.464 e. The molecule has 0 bridgehead atoms. The zero-order chi connectivity index (χ0) is 25.0. The number of furan rings is 1. The van der Waals surface area contributed by atoms with Crippen LogP contribution in [0.4, 0.5) is 5.69 Å². The molecule has 9 heteroatoms. The van der Waals surface area contributed by atoms with Gasteiger partial charge in [-0.15, -0.1) is 11.3 Å². The average molecular weight is 501 g/mol. The molecule has 0 fully saturated rings. The molecular formula is C27H24N4O4S. The second kappa shape index (κ2) is 8.39. The summed E-state index contributed by atoms with van der Waals surface area (Å²) < 4.78 is 13.7. The molecule has 0 saturated carbocycles. The van der Waals surface area contributed by atoms with Crippen LogP contribution in [0.15, 0.2) is 58.2 Å². The Balaban J connectivity index is 1.45. The molecule has 0 aliphatic carbocycles. The molecule has 4 aromatic heterocycles. The standard InChI is InChI=1S/C27H24N4O4S/c1-15-6-8-16(9-7-15)29-20(32)12-31-14-28-23-22-21(19-5-4-10-34-19)17-13-35-27(2,3)11-18(17)30-25(22)36-24(23)26(31)33/h4-10,14H,11-13H2,1-3H3,(H,29,32). The normalized spacial score (nSPS) is 14.8. The van der Waals surface area contributed by atoms with Crippen molar-refractivity contribution in [3.63, 3.8) is 0 Å². The molecule has 5 aromatic rings. The minimum absolute atomic E-state index is 0.138. The molecular weight excluding hydrogens is 476 g/mol. The van der Waals surface area contributed by atoms with E-state index in [0.717, 1.165) is 32.6 Å². The van der Waals surface area contributed by atoms with Crippen LogP contribution in [0.25, 0.3) is 31.8 Å². The first kappa shape index (κ1) is 22.6. The van der Waals surface area contributed by atoms with Crippen molar-refractivity contribution >= 4 is 43.4 Å². The number of hydrogen-bond donors (Lipinski definition) is 1. The molecule has 1 aromatic carbocycles.